The number of aryl methyl sites for hydroxylation is 1. The summed E-state index contributed by atoms with van der Waals surface area (Å²) in [5.74, 6) is -0.428. The number of carbonyl (C=O) groups is 1. The SMILES string of the molecule is Cc1cccc(NS(=O)(=O)c2ccc(Cl)c(C(=O)NCCc3c[nH]c4ccccc34)c2)c1. The molecule has 0 aliphatic heterocycles. The number of aromatic nitrogens is 1. The number of hydrogen-bond donors (Lipinski definition) is 3. The fourth-order valence-electron chi connectivity index (χ4n) is 3.51. The number of halogens is 1. The van der Waals surface area contributed by atoms with Crippen LogP contribution in [0.2, 0.25) is 5.02 Å². The Morgan fingerprint density at radius 2 is 1.84 bits per heavy atom. The van der Waals surface area contributed by atoms with E-state index < -0.39 is 15.9 Å². The van der Waals surface area contributed by atoms with Crippen LogP contribution in [0, 0.1) is 6.92 Å². The number of H-pyrrole nitrogens is 1. The number of aromatic amines is 1. The number of amides is 1. The summed E-state index contributed by atoms with van der Waals surface area (Å²) in [4.78, 5) is 15.9. The molecule has 0 fully saturated rings. The molecule has 0 aliphatic carbocycles. The van der Waals surface area contributed by atoms with E-state index in [9.17, 15) is 13.2 Å². The Morgan fingerprint density at radius 3 is 2.66 bits per heavy atom. The predicted molar refractivity (Wildman–Crippen MR) is 128 cm³/mol. The van der Waals surface area contributed by atoms with Crippen LogP contribution in [0.3, 0.4) is 0 Å². The van der Waals surface area contributed by atoms with Gasteiger partial charge in [0.05, 0.1) is 15.5 Å². The van der Waals surface area contributed by atoms with Crippen LogP contribution in [-0.4, -0.2) is 25.9 Å². The van der Waals surface area contributed by atoms with Crippen molar-refractivity contribution in [3.05, 3.63) is 94.6 Å². The summed E-state index contributed by atoms with van der Waals surface area (Å²) in [6.45, 7) is 2.26. The fourth-order valence-corrected chi connectivity index (χ4v) is 4.79. The van der Waals surface area contributed by atoms with Gasteiger partial charge in [-0.15, -0.1) is 0 Å². The molecule has 0 saturated carbocycles. The van der Waals surface area contributed by atoms with Crippen LogP contribution < -0.4 is 10.0 Å². The lowest BCUT2D eigenvalue weighted by Crippen LogP contribution is -2.26. The monoisotopic (exact) mass is 467 g/mol. The molecule has 0 radical (unpaired) electrons. The standard InChI is InChI=1S/C24H22ClN3O3S/c1-16-5-4-6-18(13-16)28-32(30,31)19-9-10-22(25)21(14-19)24(29)26-12-11-17-15-27-23-8-3-2-7-20(17)23/h2-10,13-15,27-28H,11-12H2,1H3,(H,26,29). The molecular formula is C24H22ClN3O3S. The minimum atomic E-state index is -3.88. The van der Waals surface area contributed by atoms with E-state index in [-0.39, 0.29) is 15.5 Å². The van der Waals surface area contributed by atoms with Gasteiger partial charge < -0.3 is 10.3 Å². The summed E-state index contributed by atoms with van der Waals surface area (Å²) in [6.07, 6.45) is 2.55. The molecular weight excluding hydrogens is 446 g/mol. The highest BCUT2D eigenvalue weighted by atomic mass is 35.5. The van der Waals surface area contributed by atoms with Gasteiger partial charge in [0.15, 0.2) is 0 Å². The maximum atomic E-state index is 12.8. The molecule has 0 spiro atoms. The lowest BCUT2D eigenvalue weighted by molar-refractivity contribution is 0.0954. The molecule has 8 heteroatoms. The number of hydrogen-bond acceptors (Lipinski definition) is 3. The Hall–Kier alpha value is -3.29. The molecule has 4 aromatic rings. The van der Waals surface area contributed by atoms with E-state index in [1.807, 2.05) is 43.5 Å². The summed E-state index contributed by atoms with van der Waals surface area (Å²) >= 11 is 6.20. The third kappa shape index (κ3) is 4.79. The average Bonchev–Trinajstić information content (AvgIpc) is 3.17. The fraction of sp³-hybridized carbons (Fsp3) is 0.125. The highest BCUT2D eigenvalue weighted by molar-refractivity contribution is 7.92. The van der Waals surface area contributed by atoms with Gasteiger partial charge in [-0.3, -0.25) is 9.52 Å². The summed E-state index contributed by atoms with van der Waals surface area (Å²) < 4.78 is 28.1. The second-order valence-corrected chi connectivity index (χ2v) is 9.57. The highest BCUT2D eigenvalue weighted by Crippen LogP contribution is 2.23. The van der Waals surface area contributed by atoms with Crippen LogP contribution in [0.1, 0.15) is 21.5 Å². The second-order valence-electron chi connectivity index (χ2n) is 7.48. The molecule has 0 saturated heterocycles. The number of anilines is 1. The second kappa shape index (κ2) is 9.06. The van der Waals surface area contributed by atoms with E-state index in [0.29, 0.717) is 18.7 Å². The summed E-state index contributed by atoms with van der Waals surface area (Å²) in [6, 6.07) is 19.1. The van der Waals surface area contributed by atoms with Crippen molar-refractivity contribution in [2.75, 3.05) is 11.3 Å². The molecule has 1 amide bonds. The smallest absolute Gasteiger partial charge is 0.261 e. The van der Waals surface area contributed by atoms with Crippen molar-refractivity contribution < 1.29 is 13.2 Å². The Morgan fingerprint density at radius 1 is 1.03 bits per heavy atom. The molecule has 3 N–H and O–H groups in total. The van der Waals surface area contributed by atoms with Gasteiger partial charge in [0.2, 0.25) is 0 Å². The summed E-state index contributed by atoms with van der Waals surface area (Å²) in [5.41, 5.74) is 3.61. The average molecular weight is 468 g/mol. The van der Waals surface area contributed by atoms with Gasteiger partial charge in [0, 0.05) is 29.3 Å². The van der Waals surface area contributed by atoms with Gasteiger partial charge in [-0.05, 0) is 60.9 Å². The molecule has 4 rings (SSSR count). The van der Waals surface area contributed by atoms with E-state index in [2.05, 4.69) is 15.0 Å². The van der Waals surface area contributed by atoms with Crippen molar-refractivity contribution in [2.45, 2.75) is 18.2 Å². The lowest BCUT2D eigenvalue weighted by Gasteiger charge is -2.11. The number of para-hydroxylation sites is 1. The topological polar surface area (TPSA) is 91.1 Å². The lowest BCUT2D eigenvalue weighted by atomic mass is 10.1. The van der Waals surface area contributed by atoms with Crippen LogP contribution in [0.5, 0.6) is 0 Å². The van der Waals surface area contributed by atoms with Crippen molar-refractivity contribution in [1.82, 2.24) is 10.3 Å². The van der Waals surface area contributed by atoms with E-state index in [1.165, 1.54) is 18.2 Å². The maximum absolute atomic E-state index is 12.8. The zero-order chi connectivity index (χ0) is 22.7. The van der Waals surface area contributed by atoms with E-state index in [1.54, 1.807) is 18.2 Å². The van der Waals surface area contributed by atoms with Crippen LogP contribution in [-0.2, 0) is 16.4 Å². The van der Waals surface area contributed by atoms with E-state index in [0.717, 1.165) is 22.0 Å². The zero-order valence-corrected chi connectivity index (χ0v) is 18.9. The van der Waals surface area contributed by atoms with Gasteiger partial charge in [-0.25, -0.2) is 8.42 Å². The predicted octanol–water partition coefficient (Wildman–Crippen LogP) is 4.90. The Balaban J connectivity index is 1.47. The zero-order valence-electron chi connectivity index (χ0n) is 17.4. The summed E-state index contributed by atoms with van der Waals surface area (Å²) in [7, 11) is -3.88. The number of fused-ring (bicyclic) bond motifs is 1. The van der Waals surface area contributed by atoms with Crippen LogP contribution in [0.15, 0.2) is 77.8 Å². The van der Waals surface area contributed by atoms with Crippen molar-refractivity contribution in [2.24, 2.45) is 0 Å². The third-order valence-electron chi connectivity index (χ3n) is 5.12. The number of sulfonamides is 1. The normalized spacial score (nSPS) is 11.4. The van der Waals surface area contributed by atoms with Crippen LogP contribution in [0.25, 0.3) is 10.9 Å². The molecule has 0 bridgehead atoms. The Bertz CT molecular complexity index is 1400. The molecule has 3 aromatic carbocycles. The molecule has 0 aliphatic rings. The van der Waals surface area contributed by atoms with Crippen molar-refractivity contribution >= 4 is 44.1 Å². The first kappa shape index (κ1) is 21.9. The van der Waals surface area contributed by atoms with Gasteiger partial charge in [-0.2, -0.15) is 0 Å². The molecule has 0 unspecified atom stereocenters. The first-order valence-electron chi connectivity index (χ1n) is 10.1. The van der Waals surface area contributed by atoms with Gasteiger partial charge in [0.1, 0.15) is 0 Å². The third-order valence-corrected chi connectivity index (χ3v) is 6.83. The van der Waals surface area contributed by atoms with E-state index >= 15 is 0 Å². The first-order chi connectivity index (χ1) is 15.3. The quantitative estimate of drug-likeness (QED) is 0.361. The molecule has 6 nitrogen and oxygen atoms in total. The minimum absolute atomic E-state index is 0.0369. The largest absolute Gasteiger partial charge is 0.361 e. The molecule has 1 aromatic heterocycles. The van der Waals surface area contributed by atoms with Gasteiger partial charge in [0.25, 0.3) is 15.9 Å². The van der Waals surface area contributed by atoms with Crippen molar-refractivity contribution in [1.29, 1.82) is 0 Å². The minimum Gasteiger partial charge on any atom is -0.361 e. The number of nitrogens with one attached hydrogen (secondary N) is 3. The number of benzene rings is 3. The first-order valence-corrected chi connectivity index (χ1v) is 11.9. The Kier molecular flexibility index (Phi) is 6.21. The highest BCUT2D eigenvalue weighted by Gasteiger charge is 2.19. The van der Waals surface area contributed by atoms with Crippen molar-refractivity contribution in [3.8, 4) is 0 Å². The van der Waals surface area contributed by atoms with E-state index in [4.69, 9.17) is 11.6 Å². The van der Waals surface area contributed by atoms with Gasteiger partial charge in [-0.1, -0.05) is 41.9 Å². The number of carbonyl (C=O) groups excluding carboxylic acids is 1. The maximum Gasteiger partial charge on any atom is 0.261 e. The van der Waals surface area contributed by atoms with Crippen LogP contribution >= 0.6 is 11.6 Å². The summed E-state index contributed by atoms with van der Waals surface area (Å²) in [5, 5.41) is 4.12. The molecule has 164 valence electrons. The number of rotatable bonds is 7. The Labute approximate surface area is 191 Å². The van der Waals surface area contributed by atoms with Gasteiger partial charge >= 0.3 is 0 Å². The molecule has 0 atom stereocenters. The van der Waals surface area contributed by atoms with Crippen LogP contribution in [0.4, 0.5) is 5.69 Å². The molecule has 1 heterocycles. The van der Waals surface area contributed by atoms with Crippen molar-refractivity contribution in [3.63, 3.8) is 0 Å². The molecule has 32 heavy (non-hydrogen) atoms.